The van der Waals surface area contributed by atoms with E-state index in [-0.39, 0.29) is 49.8 Å². The van der Waals surface area contributed by atoms with E-state index in [4.69, 9.17) is 28.4 Å². The number of epoxide rings is 1. The van der Waals surface area contributed by atoms with Crippen molar-refractivity contribution in [2.45, 2.75) is 97.1 Å². The lowest BCUT2D eigenvalue weighted by molar-refractivity contribution is -0.283. The molecule has 0 aromatic carbocycles. The van der Waals surface area contributed by atoms with Gasteiger partial charge >= 0.3 is 17.9 Å². The number of allylic oxidation sites excluding steroid dienone is 1. The average molecular weight is 549 g/mol. The van der Waals surface area contributed by atoms with Crippen LogP contribution in [0.3, 0.4) is 0 Å². The molecule has 0 unspecified atom stereocenters. The maximum Gasteiger partial charge on any atom is 0.333 e. The second-order valence-corrected chi connectivity index (χ2v) is 12.1. The Morgan fingerprint density at radius 2 is 1.82 bits per heavy atom. The topological polar surface area (TPSA) is 130 Å². The minimum atomic E-state index is -1.22. The third kappa shape index (κ3) is 4.21. The van der Waals surface area contributed by atoms with Crippen molar-refractivity contribution >= 4 is 17.9 Å². The van der Waals surface area contributed by atoms with E-state index in [2.05, 4.69) is 13.8 Å². The van der Waals surface area contributed by atoms with E-state index in [0.717, 1.165) is 6.42 Å². The number of fused-ring (bicyclic) bond motifs is 3. The molecule has 11 atom stereocenters. The van der Waals surface area contributed by atoms with E-state index in [0.29, 0.717) is 12.0 Å². The van der Waals surface area contributed by atoms with Gasteiger partial charge in [0.15, 0.2) is 6.10 Å². The van der Waals surface area contributed by atoms with Crippen LogP contribution in [0, 0.1) is 28.6 Å². The van der Waals surface area contributed by atoms with Gasteiger partial charge in [-0.3, -0.25) is 9.59 Å². The van der Waals surface area contributed by atoms with Crippen molar-refractivity contribution in [3.05, 3.63) is 24.0 Å². The van der Waals surface area contributed by atoms with Crippen molar-refractivity contribution in [2.24, 2.45) is 28.6 Å². The molecule has 3 aliphatic heterocycles. The summed E-state index contributed by atoms with van der Waals surface area (Å²) in [5, 5.41) is 11.6. The molecule has 0 aromatic rings. The standard InChI is InChI=1S/C29H40O10/c1-7-15(2)25(33)39-24-20(32)12-21-27(6,22-11-19-8-9-34-26(19)38-22)16(3)10-23(37-18(5)31)28(21,13-35-17(4)30)29(24)14-36-29/h7-9,16,19-24,26,32H,10-14H2,1-6H3/b15-7+/t16-,19-,20-,21-,22+,23+,24+,26+,27+,28+,29-/m1/s1. The van der Waals surface area contributed by atoms with E-state index in [9.17, 15) is 19.5 Å². The van der Waals surface area contributed by atoms with E-state index >= 15 is 0 Å². The molecule has 2 saturated carbocycles. The summed E-state index contributed by atoms with van der Waals surface area (Å²) in [6, 6.07) is 0. The van der Waals surface area contributed by atoms with Crippen LogP contribution in [-0.4, -0.2) is 72.5 Å². The normalized spacial score (nSPS) is 46.2. The van der Waals surface area contributed by atoms with Gasteiger partial charge in [-0.25, -0.2) is 4.79 Å². The molecule has 3 heterocycles. The maximum absolute atomic E-state index is 12.9. The molecule has 2 saturated heterocycles. The highest BCUT2D eigenvalue weighted by molar-refractivity contribution is 5.87. The molecule has 10 heteroatoms. The molecule has 1 spiro atoms. The van der Waals surface area contributed by atoms with Gasteiger partial charge in [0, 0.05) is 30.8 Å². The second-order valence-electron chi connectivity index (χ2n) is 12.1. The summed E-state index contributed by atoms with van der Waals surface area (Å²) >= 11 is 0. The van der Waals surface area contributed by atoms with Gasteiger partial charge in [0.05, 0.1) is 30.5 Å². The van der Waals surface area contributed by atoms with Gasteiger partial charge in [-0.1, -0.05) is 19.9 Å². The van der Waals surface area contributed by atoms with Crippen molar-refractivity contribution < 1.29 is 47.9 Å². The Balaban J connectivity index is 1.64. The summed E-state index contributed by atoms with van der Waals surface area (Å²) in [4.78, 5) is 37.6. The molecule has 4 fully saturated rings. The first kappa shape index (κ1) is 28.1. The highest BCUT2D eigenvalue weighted by Crippen LogP contribution is 2.70. The van der Waals surface area contributed by atoms with Gasteiger partial charge in [0.1, 0.15) is 18.3 Å². The van der Waals surface area contributed by atoms with Crippen molar-refractivity contribution in [2.75, 3.05) is 13.2 Å². The van der Waals surface area contributed by atoms with Gasteiger partial charge in [-0.05, 0) is 51.0 Å². The fraction of sp³-hybridized carbons (Fsp3) is 0.759. The van der Waals surface area contributed by atoms with Crippen LogP contribution in [0.25, 0.3) is 0 Å². The first-order chi connectivity index (χ1) is 18.4. The Labute approximate surface area is 229 Å². The molecule has 5 aliphatic rings. The molecule has 0 bridgehead atoms. The number of rotatable bonds is 6. The third-order valence-corrected chi connectivity index (χ3v) is 10.3. The minimum Gasteiger partial charge on any atom is -0.472 e. The molecule has 216 valence electrons. The summed E-state index contributed by atoms with van der Waals surface area (Å²) in [6.07, 6.45) is 3.29. The lowest BCUT2D eigenvalue weighted by Gasteiger charge is -2.65. The number of esters is 3. The maximum atomic E-state index is 12.9. The smallest absolute Gasteiger partial charge is 0.333 e. The molecule has 1 N–H and O–H groups in total. The molecule has 0 aromatic heterocycles. The van der Waals surface area contributed by atoms with Gasteiger partial charge in [0.25, 0.3) is 0 Å². The van der Waals surface area contributed by atoms with Crippen LogP contribution in [0.4, 0.5) is 0 Å². The number of aliphatic hydroxyl groups is 1. The zero-order valence-corrected chi connectivity index (χ0v) is 23.5. The lowest BCUT2D eigenvalue weighted by atomic mass is 9.41. The van der Waals surface area contributed by atoms with E-state index in [1.165, 1.54) is 13.8 Å². The van der Waals surface area contributed by atoms with Gasteiger partial charge in [-0.2, -0.15) is 0 Å². The number of aliphatic hydroxyl groups excluding tert-OH is 1. The van der Waals surface area contributed by atoms with Crippen molar-refractivity contribution in [3.63, 3.8) is 0 Å². The Kier molecular flexibility index (Phi) is 7.13. The SMILES string of the molecule is C/C=C(\C)C(=O)O[C@H]1[C@H](O)C[C@@H]2[C@@](C)([C@@H]3C[C@H]4C=CO[C@H]4O3)[C@H](C)C[C@H](OC(C)=O)[C@@]2(COC(C)=O)[C@@]12CO2. The fourth-order valence-electron chi connectivity index (χ4n) is 7.93. The molecule has 5 rings (SSSR count). The number of hydrogen-bond donors (Lipinski definition) is 1. The van der Waals surface area contributed by atoms with Crippen LogP contribution >= 0.6 is 0 Å². The molecule has 0 radical (unpaired) electrons. The summed E-state index contributed by atoms with van der Waals surface area (Å²) < 4.78 is 36.0. The molecule has 39 heavy (non-hydrogen) atoms. The van der Waals surface area contributed by atoms with Crippen LogP contribution in [0.15, 0.2) is 24.0 Å². The van der Waals surface area contributed by atoms with E-state index < -0.39 is 52.7 Å². The Hall–Kier alpha value is -2.43. The van der Waals surface area contributed by atoms with Crippen LogP contribution in [0.2, 0.25) is 0 Å². The Morgan fingerprint density at radius 1 is 1.10 bits per heavy atom. The Morgan fingerprint density at radius 3 is 2.41 bits per heavy atom. The molecular formula is C29H40O10. The first-order valence-corrected chi connectivity index (χ1v) is 13.8. The van der Waals surface area contributed by atoms with Gasteiger partial charge in [0.2, 0.25) is 6.29 Å². The van der Waals surface area contributed by atoms with E-state index in [1.807, 2.05) is 6.08 Å². The average Bonchev–Trinajstić information content (AvgIpc) is 3.36. The van der Waals surface area contributed by atoms with Gasteiger partial charge < -0.3 is 33.5 Å². The summed E-state index contributed by atoms with van der Waals surface area (Å²) in [5.74, 6) is -1.79. The van der Waals surface area contributed by atoms with Crippen LogP contribution in [0.5, 0.6) is 0 Å². The fourth-order valence-corrected chi connectivity index (χ4v) is 7.93. The highest BCUT2D eigenvalue weighted by atomic mass is 16.7. The van der Waals surface area contributed by atoms with Crippen molar-refractivity contribution in [3.8, 4) is 0 Å². The first-order valence-electron chi connectivity index (χ1n) is 13.8. The molecule has 2 aliphatic carbocycles. The van der Waals surface area contributed by atoms with Crippen LogP contribution in [0.1, 0.15) is 60.8 Å². The largest absolute Gasteiger partial charge is 0.472 e. The van der Waals surface area contributed by atoms with Crippen molar-refractivity contribution in [1.29, 1.82) is 0 Å². The van der Waals surface area contributed by atoms with Crippen LogP contribution < -0.4 is 0 Å². The van der Waals surface area contributed by atoms with Crippen molar-refractivity contribution in [1.82, 2.24) is 0 Å². The number of carbonyl (C=O) groups is 3. The predicted octanol–water partition coefficient (Wildman–Crippen LogP) is 2.82. The van der Waals surface area contributed by atoms with Crippen LogP contribution in [-0.2, 0) is 42.8 Å². The number of hydrogen-bond acceptors (Lipinski definition) is 10. The third-order valence-electron chi connectivity index (χ3n) is 10.3. The molecular weight excluding hydrogens is 508 g/mol. The number of carbonyl (C=O) groups excluding carboxylic acids is 3. The van der Waals surface area contributed by atoms with E-state index in [1.54, 1.807) is 26.2 Å². The summed E-state index contributed by atoms with van der Waals surface area (Å²) in [5.41, 5.74) is -2.48. The zero-order valence-electron chi connectivity index (χ0n) is 23.5. The summed E-state index contributed by atoms with van der Waals surface area (Å²) in [6.45, 7) is 10.3. The Bertz CT molecular complexity index is 1080. The second kappa shape index (κ2) is 9.89. The number of ether oxygens (including phenoxy) is 6. The monoisotopic (exact) mass is 548 g/mol. The highest BCUT2D eigenvalue weighted by Gasteiger charge is 2.81. The molecule has 10 nitrogen and oxygen atoms in total. The summed E-state index contributed by atoms with van der Waals surface area (Å²) in [7, 11) is 0. The predicted molar refractivity (Wildman–Crippen MR) is 136 cm³/mol. The zero-order chi connectivity index (χ0) is 28.3. The molecule has 0 amide bonds. The quantitative estimate of drug-likeness (QED) is 0.229. The minimum absolute atomic E-state index is 0.00233. The lowest BCUT2D eigenvalue weighted by Crippen LogP contribution is -2.74. The van der Waals surface area contributed by atoms with Gasteiger partial charge in [-0.15, -0.1) is 0 Å².